The van der Waals surface area contributed by atoms with Crippen LogP contribution in [0.1, 0.15) is 32.3 Å². The van der Waals surface area contributed by atoms with Crippen LogP contribution >= 0.6 is 12.2 Å². The number of nitrogens with one attached hydrogen (secondary N) is 2. The highest BCUT2D eigenvalue weighted by atomic mass is 32.2. The lowest BCUT2D eigenvalue weighted by Crippen LogP contribution is -2.35. The van der Waals surface area contributed by atoms with E-state index in [9.17, 15) is 13.2 Å². The van der Waals surface area contributed by atoms with Gasteiger partial charge >= 0.3 is 0 Å². The summed E-state index contributed by atoms with van der Waals surface area (Å²) in [5.41, 5.74) is 1.52. The van der Waals surface area contributed by atoms with Crippen LogP contribution in [0.25, 0.3) is 10.8 Å². The molecular weight excluding hydrogens is 454 g/mol. The zero-order valence-electron chi connectivity index (χ0n) is 18.9. The predicted molar refractivity (Wildman–Crippen MR) is 138 cm³/mol. The van der Waals surface area contributed by atoms with Crippen LogP contribution in [0.2, 0.25) is 0 Å². The molecular formula is C25H29N3O3S2. The van der Waals surface area contributed by atoms with Gasteiger partial charge in [-0.2, -0.15) is 4.31 Å². The molecule has 8 heteroatoms. The molecule has 0 atom stereocenters. The van der Waals surface area contributed by atoms with Crippen molar-refractivity contribution in [3.8, 4) is 0 Å². The first-order valence-electron chi connectivity index (χ1n) is 11.0. The van der Waals surface area contributed by atoms with E-state index >= 15 is 0 Å². The molecule has 3 aromatic carbocycles. The van der Waals surface area contributed by atoms with E-state index in [2.05, 4.69) is 10.6 Å². The van der Waals surface area contributed by atoms with Crippen LogP contribution in [-0.2, 0) is 21.2 Å². The minimum atomic E-state index is -3.54. The van der Waals surface area contributed by atoms with Gasteiger partial charge in [0.25, 0.3) is 0 Å². The van der Waals surface area contributed by atoms with Crippen LogP contribution in [0.4, 0.5) is 5.69 Å². The van der Waals surface area contributed by atoms with Gasteiger partial charge in [-0.3, -0.25) is 4.79 Å². The number of benzene rings is 3. The van der Waals surface area contributed by atoms with Crippen LogP contribution in [0, 0.1) is 0 Å². The summed E-state index contributed by atoms with van der Waals surface area (Å²) in [6.07, 6.45) is 1.71. The van der Waals surface area contributed by atoms with Crippen molar-refractivity contribution < 1.29 is 13.2 Å². The Morgan fingerprint density at radius 2 is 1.55 bits per heavy atom. The summed E-state index contributed by atoms with van der Waals surface area (Å²) in [5.74, 6) is -0.224. The number of carbonyl (C=O) groups is 1. The molecule has 174 valence electrons. The third-order valence-electron chi connectivity index (χ3n) is 5.18. The first kappa shape index (κ1) is 24.8. The molecule has 0 radical (unpaired) electrons. The zero-order valence-corrected chi connectivity index (χ0v) is 20.5. The lowest BCUT2D eigenvalue weighted by atomic mass is 10.0. The Hall–Kier alpha value is -2.81. The molecule has 1 amide bonds. The van der Waals surface area contributed by atoms with Gasteiger partial charge < -0.3 is 10.6 Å². The number of thiocarbonyl (C=S) groups is 1. The van der Waals surface area contributed by atoms with E-state index < -0.39 is 10.0 Å². The maximum absolute atomic E-state index is 12.9. The summed E-state index contributed by atoms with van der Waals surface area (Å²) in [4.78, 5) is 12.8. The van der Waals surface area contributed by atoms with Gasteiger partial charge in [-0.1, -0.05) is 56.3 Å². The number of fused-ring (bicyclic) bond motifs is 1. The minimum absolute atomic E-state index is 0.162. The quantitative estimate of drug-likeness (QED) is 0.431. The summed E-state index contributed by atoms with van der Waals surface area (Å²) in [5, 5.41) is 7.91. The van der Waals surface area contributed by atoms with Crippen molar-refractivity contribution >= 4 is 49.7 Å². The van der Waals surface area contributed by atoms with E-state index in [1.54, 1.807) is 24.3 Å². The Balaban J connectivity index is 1.62. The number of anilines is 1. The summed E-state index contributed by atoms with van der Waals surface area (Å²) < 4.78 is 27.3. The third-order valence-corrected chi connectivity index (χ3v) is 7.30. The fourth-order valence-electron chi connectivity index (χ4n) is 3.66. The van der Waals surface area contributed by atoms with Crippen molar-refractivity contribution in [2.45, 2.75) is 38.0 Å². The molecule has 0 saturated heterocycles. The number of sulfonamides is 1. The van der Waals surface area contributed by atoms with Crippen molar-refractivity contribution in [2.75, 3.05) is 18.4 Å². The van der Waals surface area contributed by atoms with Crippen LogP contribution in [-0.4, -0.2) is 36.8 Å². The normalized spacial score (nSPS) is 11.5. The first-order chi connectivity index (χ1) is 15.8. The summed E-state index contributed by atoms with van der Waals surface area (Å²) >= 11 is 5.27. The second kappa shape index (κ2) is 11.4. The van der Waals surface area contributed by atoms with Crippen LogP contribution in [0.5, 0.6) is 0 Å². The number of carbonyl (C=O) groups excluding carboxylic acids is 1. The smallest absolute Gasteiger partial charge is 0.243 e. The second-order valence-electron chi connectivity index (χ2n) is 7.75. The number of hydrogen-bond donors (Lipinski definition) is 2. The van der Waals surface area contributed by atoms with E-state index in [1.807, 2.05) is 56.3 Å². The van der Waals surface area contributed by atoms with Crippen LogP contribution in [0.15, 0.2) is 71.6 Å². The van der Waals surface area contributed by atoms with Crippen molar-refractivity contribution in [3.63, 3.8) is 0 Å². The molecule has 0 saturated carbocycles. The molecule has 2 N–H and O–H groups in total. The van der Waals surface area contributed by atoms with Crippen LogP contribution < -0.4 is 10.6 Å². The Bertz CT molecular complexity index is 1210. The Kier molecular flexibility index (Phi) is 8.55. The molecule has 3 rings (SSSR count). The lowest BCUT2D eigenvalue weighted by molar-refractivity contribution is -0.119. The van der Waals surface area contributed by atoms with Gasteiger partial charge in [0.2, 0.25) is 15.9 Å². The molecule has 3 aromatic rings. The maximum Gasteiger partial charge on any atom is 0.243 e. The predicted octanol–water partition coefficient (Wildman–Crippen LogP) is 4.71. The standard InChI is InChI=1S/C25H29N3O3S2/c1-3-16-28(17-4-2)33(30,31)22-14-12-21(13-15-22)26-25(32)27-24(29)18-20-10-7-9-19-8-5-6-11-23(19)20/h5-15H,3-4,16-18H2,1-2H3,(H2,26,27,29,32). The molecule has 0 heterocycles. The molecule has 0 aliphatic carbocycles. The topological polar surface area (TPSA) is 78.5 Å². The summed E-state index contributed by atoms with van der Waals surface area (Å²) in [7, 11) is -3.54. The van der Waals surface area contributed by atoms with Crippen molar-refractivity contribution in [3.05, 3.63) is 72.3 Å². The van der Waals surface area contributed by atoms with Gasteiger partial charge in [0.15, 0.2) is 5.11 Å². The first-order valence-corrected chi connectivity index (χ1v) is 12.9. The zero-order chi connectivity index (χ0) is 23.8. The van der Waals surface area contributed by atoms with Gasteiger partial charge in [-0.25, -0.2) is 8.42 Å². The molecule has 0 aliphatic heterocycles. The largest absolute Gasteiger partial charge is 0.332 e. The summed E-state index contributed by atoms with van der Waals surface area (Å²) in [6, 6.07) is 20.2. The molecule has 0 aromatic heterocycles. The van der Waals surface area contributed by atoms with Crippen molar-refractivity contribution in [1.29, 1.82) is 0 Å². The molecule has 6 nitrogen and oxygen atoms in total. The van der Waals surface area contributed by atoms with Gasteiger partial charge in [0.05, 0.1) is 11.3 Å². The van der Waals surface area contributed by atoms with Gasteiger partial charge in [-0.15, -0.1) is 0 Å². The molecule has 0 spiro atoms. The highest BCUT2D eigenvalue weighted by molar-refractivity contribution is 7.89. The van der Waals surface area contributed by atoms with Crippen molar-refractivity contribution in [1.82, 2.24) is 9.62 Å². The lowest BCUT2D eigenvalue weighted by Gasteiger charge is -2.21. The second-order valence-corrected chi connectivity index (χ2v) is 10.1. The van der Waals surface area contributed by atoms with Gasteiger partial charge in [0.1, 0.15) is 0 Å². The average molecular weight is 484 g/mol. The molecule has 33 heavy (non-hydrogen) atoms. The number of amides is 1. The van der Waals surface area contributed by atoms with E-state index in [4.69, 9.17) is 12.2 Å². The SMILES string of the molecule is CCCN(CCC)S(=O)(=O)c1ccc(NC(=S)NC(=O)Cc2cccc3ccccc23)cc1. The van der Waals surface area contributed by atoms with Crippen molar-refractivity contribution in [2.24, 2.45) is 0 Å². The number of nitrogens with zero attached hydrogens (tertiary/aromatic N) is 1. The third kappa shape index (κ3) is 6.37. The molecule has 0 unspecified atom stereocenters. The Labute approximate surface area is 201 Å². The number of hydrogen-bond acceptors (Lipinski definition) is 4. The van der Waals surface area contributed by atoms with E-state index in [0.29, 0.717) is 18.8 Å². The Morgan fingerprint density at radius 3 is 2.21 bits per heavy atom. The molecule has 0 bridgehead atoms. The van der Waals surface area contributed by atoms with Gasteiger partial charge in [-0.05, 0) is 65.7 Å². The maximum atomic E-state index is 12.9. The monoisotopic (exact) mass is 483 g/mol. The van der Waals surface area contributed by atoms with E-state index in [1.165, 1.54) is 4.31 Å². The molecule has 0 fully saturated rings. The van der Waals surface area contributed by atoms with Gasteiger partial charge in [0, 0.05) is 18.8 Å². The highest BCUT2D eigenvalue weighted by Crippen LogP contribution is 2.20. The van der Waals surface area contributed by atoms with E-state index in [-0.39, 0.29) is 22.3 Å². The van der Waals surface area contributed by atoms with Crippen LogP contribution in [0.3, 0.4) is 0 Å². The minimum Gasteiger partial charge on any atom is -0.332 e. The highest BCUT2D eigenvalue weighted by Gasteiger charge is 2.22. The summed E-state index contributed by atoms with van der Waals surface area (Å²) in [6.45, 7) is 4.90. The molecule has 0 aliphatic rings. The fraction of sp³-hybridized carbons (Fsp3) is 0.280. The Morgan fingerprint density at radius 1 is 0.909 bits per heavy atom. The van der Waals surface area contributed by atoms with E-state index in [0.717, 1.165) is 29.2 Å². The number of rotatable bonds is 9. The average Bonchev–Trinajstić information content (AvgIpc) is 2.79. The fourth-order valence-corrected chi connectivity index (χ4v) is 5.52.